The van der Waals surface area contributed by atoms with Crippen molar-refractivity contribution >= 4 is 153 Å². The van der Waals surface area contributed by atoms with Crippen molar-refractivity contribution in [3.8, 4) is 56.6 Å². The van der Waals surface area contributed by atoms with Crippen molar-refractivity contribution in [3.05, 3.63) is 206 Å². The zero-order chi connectivity index (χ0) is 48.5. The summed E-state index contributed by atoms with van der Waals surface area (Å²) >= 11 is 3.72. The van der Waals surface area contributed by atoms with E-state index in [0.717, 1.165) is 39.7 Å². The van der Waals surface area contributed by atoms with E-state index in [-0.39, 0.29) is 13.4 Å². The first-order chi connectivity index (χ1) is 37.1. The summed E-state index contributed by atoms with van der Waals surface area (Å²) in [5.41, 5.74) is 20.3. The Hall–Kier alpha value is -8.81. The lowest BCUT2D eigenvalue weighted by atomic mass is 9.31. The number of thiophene rings is 2. The molecule has 0 radical (unpaired) electrons. The van der Waals surface area contributed by atoms with Crippen molar-refractivity contribution in [2.45, 2.75) is 6.92 Å². The van der Waals surface area contributed by atoms with Gasteiger partial charge in [-0.05, 0) is 135 Å². The monoisotopic (exact) mass is 986 g/mol. The number of rotatable bonds is 2. The Labute approximate surface area is 438 Å². The van der Waals surface area contributed by atoms with E-state index in [4.69, 9.17) is 9.47 Å². The molecule has 0 N–H and O–H groups in total. The first kappa shape index (κ1) is 39.7. The molecule has 8 heteroatoms. The SMILES string of the molecule is Cc1c2c(cc3c1Oc1cc(-c4ccc5sc6ccccc6c5c4)cc4c1B3c1cccc3c5ccccc5n-4c13)B1c3c(cc(-c4ccc5sc6ccccc6c5c4)cc3-n3c4ccccc4c4cccc1c43)O2. The lowest BCUT2D eigenvalue weighted by Crippen LogP contribution is -2.62. The molecule has 4 aromatic heterocycles. The Morgan fingerprint density at radius 2 is 0.773 bits per heavy atom. The first-order valence-electron chi connectivity index (χ1n) is 25.9. The number of fused-ring (bicyclic) bond motifs is 20. The van der Waals surface area contributed by atoms with E-state index in [0.29, 0.717) is 0 Å². The number of nitrogens with zero attached hydrogens (tertiary/aromatic N) is 2. The number of hydrogen-bond donors (Lipinski definition) is 0. The van der Waals surface area contributed by atoms with Crippen LogP contribution in [0.4, 0.5) is 0 Å². The van der Waals surface area contributed by atoms with E-state index < -0.39 is 0 Å². The topological polar surface area (TPSA) is 28.3 Å². The minimum atomic E-state index is -0.0854. The van der Waals surface area contributed by atoms with E-state index in [1.807, 2.05) is 22.7 Å². The van der Waals surface area contributed by atoms with Crippen LogP contribution in [0.2, 0.25) is 0 Å². The van der Waals surface area contributed by atoms with Crippen LogP contribution in [0, 0.1) is 6.92 Å². The third-order valence-electron chi connectivity index (χ3n) is 17.4. The third-order valence-corrected chi connectivity index (χ3v) is 19.7. The molecule has 19 rings (SSSR count). The molecule has 0 bridgehead atoms. The van der Waals surface area contributed by atoms with Gasteiger partial charge >= 0.3 is 0 Å². The molecule has 4 nitrogen and oxygen atoms in total. The van der Waals surface area contributed by atoms with Crippen LogP contribution >= 0.6 is 22.7 Å². The Kier molecular flexibility index (Phi) is 7.34. The van der Waals surface area contributed by atoms with Crippen LogP contribution in [0.5, 0.6) is 23.0 Å². The van der Waals surface area contributed by atoms with Crippen LogP contribution in [-0.4, -0.2) is 22.6 Å². The summed E-state index contributed by atoms with van der Waals surface area (Å²) in [6.45, 7) is 2.06. The van der Waals surface area contributed by atoms with E-state index in [1.54, 1.807) is 0 Å². The molecule has 11 aromatic carbocycles. The van der Waals surface area contributed by atoms with Gasteiger partial charge in [0, 0.05) is 89.9 Å². The molecule has 0 saturated carbocycles. The number of ether oxygens (including phenoxy) is 2. The molecule has 0 atom stereocenters. The largest absolute Gasteiger partial charge is 0.458 e. The average Bonchev–Trinajstić information content (AvgIpc) is 4.28. The Morgan fingerprint density at radius 3 is 1.27 bits per heavy atom. The van der Waals surface area contributed by atoms with Gasteiger partial charge in [-0.15, -0.1) is 22.7 Å². The molecule has 75 heavy (non-hydrogen) atoms. The molecule has 344 valence electrons. The summed E-state index contributed by atoms with van der Waals surface area (Å²) in [4.78, 5) is 0. The van der Waals surface area contributed by atoms with Crippen LogP contribution in [0.3, 0.4) is 0 Å². The van der Waals surface area contributed by atoms with Crippen LogP contribution in [0.1, 0.15) is 5.56 Å². The highest BCUT2D eigenvalue weighted by atomic mass is 32.1. The standard InChI is InChI=1S/C67H36B2N2O2S2/c1-35-66-50(68-48-18-10-16-44-40-12-2-6-20-52(40)70(64(44)48)54-30-38(32-56(72-66)62(54)68)36-24-26-60-46(28-36)42-14-4-8-22-58(42)74-60)34-51-67(35)73-57-33-39(37-25-27-61-47(29-37)43-15-5-9-23-59(43)75-61)31-55-63(57)69(51)49-19-11-17-45-41-13-3-7-21-53(41)71(55)65(45)49/h2-34H,1H3. The second-order valence-corrected chi connectivity index (χ2v) is 23.2. The normalized spacial score (nSPS) is 13.6. The van der Waals surface area contributed by atoms with Gasteiger partial charge in [-0.25, -0.2) is 0 Å². The molecular formula is C67H36B2N2O2S2. The number of para-hydroxylation sites is 4. The Balaban J connectivity index is 0.876. The summed E-state index contributed by atoms with van der Waals surface area (Å²) in [6.07, 6.45) is 0. The van der Waals surface area contributed by atoms with Gasteiger partial charge in [0.05, 0.1) is 11.0 Å². The maximum absolute atomic E-state index is 7.54. The van der Waals surface area contributed by atoms with Crippen molar-refractivity contribution in [3.63, 3.8) is 0 Å². The molecule has 0 spiro atoms. The highest BCUT2D eigenvalue weighted by Gasteiger charge is 2.46. The molecular weight excluding hydrogens is 951 g/mol. The summed E-state index contributed by atoms with van der Waals surface area (Å²) in [5.74, 6) is 3.55. The van der Waals surface area contributed by atoms with Gasteiger partial charge in [-0.1, -0.05) is 127 Å². The first-order valence-corrected chi connectivity index (χ1v) is 27.5. The zero-order valence-corrected chi connectivity index (χ0v) is 41.9. The maximum atomic E-state index is 7.54. The molecule has 4 aliphatic rings. The fourth-order valence-electron chi connectivity index (χ4n) is 14.3. The predicted molar refractivity (Wildman–Crippen MR) is 319 cm³/mol. The lowest BCUT2D eigenvalue weighted by molar-refractivity contribution is 0.459. The van der Waals surface area contributed by atoms with Crippen LogP contribution < -0.4 is 42.3 Å². The van der Waals surface area contributed by atoms with Gasteiger partial charge in [0.1, 0.15) is 23.0 Å². The van der Waals surface area contributed by atoms with Crippen molar-refractivity contribution in [1.29, 1.82) is 0 Å². The van der Waals surface area contributed by atoms with Crippen molar-refractivity contribution < 1.29 is 9.47 Å². The van der Waals surface area contributed by atoms with Crippen molar-refractivity contribution in [1.82, 2.24) is 9.13 Å². The summed E-state index contributed by atoms with van der Waals surface area (Å²) < 4.78 is 25.3. The minimum absolute atomic E-state index is 0.0854. The van der Waals surface area contributed by atoms with Crippen LogP contribution in [0.25, 0.3) is 118 Å². The molecule has 0 fully saturated rings. The molecule has 0 saturated heterocycles. The molecule has 0 amide bonds. The van der Waals surface area contributed by atoms with E-state index in [1.165, 1.54) is 139 Å². The fourth-order valence-corrected chi connectivity index (χ4v) is 16.4. The van der Waals surface area contributed by atoms with Crippen LogP contribution in [0.15, 0.2) is 200 Å². The van der Waals surface area contributed by atoms with Crippen LogP contribution in [-0.2, 0) is 0 Å². The van der Waals surface area contributed by atoms with Gasteiger partial charge in [-0.3, -0.25) is 0 Å². The lowest BCUT2D eigenvalue weighted by Gasteiger charge is -2.38. The fraction of sp³-hybridized carbons (Fsp3) is 0.0149. The third kappa shape index (κ3) is 4.96. The van der Waals surface area contributed by atoms with E-state index in [9.17, 15) is 0 Å². The smallest absolute Gasteiger partial charge is 0.256 e. The van der Waals surface area contributed by atoms with Crippen molar-refractivity contribution in [2.24, 2.45) is 0 Å². The summed E-state index contributed by atoms with van der Waals surface area (Å²) in [5, 5.41) is 10.2. The molecule has 8 heterocycles. The van der Waals surface area contributed by atoms with E-state index >= 15 is 0 Å². The minimum Gasteiger partial charge on any atom is -0.458 e. The predicted octanol–water partition coefficient (Wildman–Crippen LogP) is 14.1. The molecule has 0 aliphatic carbocycles. The Morgan fingerprint density at radius 1 is 0.347 bits per heavy atom. The highest BCUT2D eigenvalue weighted by Crippen LogP contribution is 2.47. The second kappa shape index (κ2) is 13.9. The van der Waals surface area contributed by atoms with Gasteiger partial charge in [0.15, 0.2) is 0 Å². The molecule has 4 aliphatic heterocycles. The number of benzene rings is 11. The van der Waals surface area contributed by atoms with Gasteiger partial charge < -0.3 is 18.6 Å². The quantitative estimate of drug-likeness (QED) is 0.162. The van der Waals surface area contributed by atoms with Gasteiger partial charge in [0.2, 0.25) is 0 Å². The molecule has 0 unspecified atom stereocenters. The number of hydrogen-bond acceptors (Lipinski definition) is 4. The number of aromatic nitrogens is 2. The van der Waals surface area contributed by atoms with E-state index in [2.05, 4.69) is 216 Å². The second-order valence-electron chi connectivity index (χ2n) is 21.0. The Bertz CT molecular complexity index is 4870. The van der Waals surface area contributed by atoms with Crippen molar-refractivity contribution in [2.75, 3.05) is 0 Å². The van der Waals surface area contributed by atoms with Gasteiger partial charge in [-0.2, -0.15) is 0 Å². The average molecular weight is 987 g/mol. The zero-order valence-electron chi connectivity index (χ0n) is 40.2. The summed E-state index contributed by atoms with van der Waals surface area (Å²) in [7, 11) is 0. The van der Waals surface area contributed by atoms with Gasteiger partial charge in [0.25, 0.3) is 13.4 Å². The molecule has 15 aromatic rings. The maximum Gasteiger partial charge on any atom is 0.256 e. The summed E-state index contributed by atoms with van der Waals surface area (Å²) in [6, 6.07) is 75.2. The highest BCUT2D eigenvalue weighted by molar-refractivity contribution is 7.26.